The van der Waals surface area contributed by atoms with Crippen molar-refractivity contribution in [3.63, 3.8) is 0 Å². The highest BCUT2D eigenvalue weighted by Crippen LogP contribution is 2.30. The monoisotopic (exact) mass is 487 g/mol. The Labute approximate surface area is 214 Å². The first-order valence-electron chi connectivity index (χ1n) is 12.4. The van der Waals surface area contributed by atoms with E-state index in [0.29, 0.717) is 29.0 Å². The van der Waals surface area contributed by atoms with Gasteiger partial charge in [-0.15, -0.1) is 6.42 Å². The number of ketones is 1. The molecule has 182 valence electrons. The van der Waals surface area contributed by atoms with Crippen LogP contribution in [0, 0.1) is 12.3 Å². The number of rotatable bonds is 4. The minimum atomic E-state index is -0.383. The van der Waals surface area contributed by atoms with Crippen molar-refractivity contribution >= 4 is 34.0 Å². The number of nitrogens with zero attached hydrogens (tertiary/aromatic N) is 3. The minimum Gasteiger partial charge on any atom is -0.324 e. The summed E-state index contributed by atoms with van der Waals surface area (Å²) in [5.41, 5.74) is 5.37. The summed E-state index contributed by atoms with van der Waals surface area (Å²) < 4.78 is 1.58. The number of hydrogen-bond donors (Lipinski definition) is 2. The Morgan fingerprint density at radius 2 is 1.92 bits per heavy atom. The molecule has 1 aliphatic carbocycles. The highest BCUT2D eigenvalue weighted by Gasteiger charge is 2.28. The quantitative estimate of drug-likeness (QED) is 0.418. The second kappa shape index (κ2) is 9.49. The Kier molecular flexibility index (Phi) is 5.87. The first kappa shape index (κ1) is 22.9. The predicted molar refractivity (Wildman–Crippen MR) is 145 cm³/mol. The van der Waals surface area contributed by atoms with Crippen LogP contribution in [0.5, 0.6) is 0 Å². The Bertz CT molecular complexity index is 1660. The summed E-state index contributed by atoms with van der Waals surface area (Å²) in [6.45, 7) is 1.87. The second-order valence-electron chi connectivity index (χ2n) is 9.38. The molecule has 37 heavy (non-hydrogen) atoms. The number of fused-ring (bicyclic) bond motifs is 2. The third kappa shape index (κ3) is 4.32. The van der Waals surface area contributed by atoms with Crippen molar-refractivity contribution in [3.8, 4) is 12.3 Å². The van der Waals surface area contributed by atoms with Crippen LogP contribution in [0.2, 0.25) is 0 Å². The average molecular weight is 488 g/mol. The molecule has 0 amide bonds. The van der Waals surface area contributed by atoms with Gasteiger partial charge in [0.1, 0.15) is 5.65 Å². The van der Waals surface area contributed by atoms with Crippen molar-refractivity contribution < 1.29 is 4.79 Å². The van der Waals surface area contributed by atoms with Crippen LogP contribution in [0.4, 0.5) is 11.6 Å². The van der Waals surface area contributed by atoms with E-state index in [1.54, 1.807) is 16.8 Å². The second-order valence-corrected chi connectivity index (χ2v) is 9.38. The lowest BCUT2D eigenvalue weighted by atomic mass is 9.87. The van der Waals surface area contributed by atoms with Crippen LogP contribution in [0.3, 0.4) is 0 Å². The molecule has 2 aliphatic rings. The van der Waals surface area contributed by atoms with Crippen molar-refractivity contribution in [2.45, 2.75) is 25.3 Å². The van der Waals surface area contributed by atoms with Gasteiger partial charge in [0.25, 0.3) is 5.56 Å². The van der Waals surface area contributed by atoms with E-state index in [1.165, 1.54) is 11.1 Å². The zero-order valence-electron chi connectivity index (χ0n) is 20.2. The normalized spacial score (nSPS) is 17.1. The molecular formula is C30H25N5O2. The number of aromatic nitrogens is 3. The zero-order valence-corrected chi connectivity index (χ0v) is 20.2. The van der Waals surface area contributed by atoms with Gasteiger partial charge in [-0.1, -0.05) is 48.4 Å². The molecule has 1 unspecified atom stereocenters. The lowest BCUT2D eigenvalue weighted by Crippen LogP contribution is -2.33. The fourth-order valence-electron chi connectivity index (χ4n) is 5.21. The Morgan fingerprint density at radius 1 is 1.08 bits per heavy atom. The van der Waals surface area contributed by atoms with Crippen molar-refractivity contribution in [2.75, 3.05) is 18.4 Å². The maximum Gasteiger partial charge on any atom is 0.268 e. The standard InChI is InChI=1S/C30H25N5O2/c1-2-19-15-23-18-32-30(33-24-9-7-20(8-10-24)21-11-13-31-14-12-21)34-28(23)35(29(19)37)25-16-22-5-3-4-6-26(22)27(36)17-25/h1,3-11,15,18,25,31H,12-14,16-17H2,(H,32,33,34). The van der Waals surface area contributed by atoms with E-state index < -0.39 is 0 Å². The van der Waals surface area contributed by atoms with Gasteiger partial charge in [-0.2, -0.15) is 4.98 Å². The molecule has 7 heteroatoms. The first-order chi connectivity index (χ1) is 18.1. The third-order valence-corrected chi connectivity index (χ3v) is 7.06. The number of carbonyl (C=O) groups is 1. The van der Waals surface area contributed by atoms with Gasteiger partial charge in [0, 0.05) is 35.8 Å². The van der Waals surface area contributed by atoms with Crippen molar-refractivity contribution in [2.24, 2.45) is 0 Å². The van der Waals surface area contributed by atoms with Crippen LogP contribution in [0.15, 0.2) is 71.7 Å². The number of carbonyl (C=O) groups excluding carboxylic acids is 1. The smallest absolute Gasteiger partial charge is 0.268 e. The SMILES string of the molecule is C#Cc1cc2cnc(Nc3ccc(C4=CCNCC4)cc3)nc2n(C2CC(=O)c3ccccc3C2)c1=O. The molecule has 1 aliphatic heterocycles. The average Bonchev–Trinajstić information content (AvgIpc) is 2.93. The lowest BCUT2D eigenvalue weighted by molar-refractivity contribution is 0.0951. The molecule has 4 aromatic rings. The van der Waals surface area contributed by atoms with E-state index in [9.17, 15) is 9.59 Å². The van der Waals surface area contributed by atoms with Gasteiger partial charge < -0.3 is 10.6 Å². The lowest BCUT2D eigenvalue weighted by Gasteiger charge is -2.26. The minimum absolute atomic E-state index is 0.00867. The predicted octanol–water partition coefficient (Wildman–Crippen LogP) is 4.26. The van der Waals surface area contributed by atoms with Gasteiger partial charge in [0.2, 0.25) is 5.95 Å². The molecule has 0 saturated heterocycles. The third-order valence-electron chi connectivity index (χ3n) is 7.06. The zero-order chi connectivity index (χ0) is 25.4. The first-order valence-corrected chi connectivity index (χ1v) is 12.4. The number of benzene rings is 2. The molecule has 1 atom stereocenters. The van der Waals surface area contributed by atoms with E-state index >= 15 is 0 Å². The van der Waals surface area contributed by atoms with Crippen molar-refractivity contribution in [3.05, 3.63) is 99.5 Å². The number of Topliss-reactive ketones (excluding diaryl/α,β-unsaturated/α-hetero) is 1. The summed E-state index contributed by atoms with van der Waals surface area (Å²) in [6, 6.07) is 17.0. The summed E-state index contributed by atoms with van der Waals surface area (Å²) in [5.74, 6) is 2.86. The Morgan fingerprint density at radius 3 is 2.70 bits per heavy atom. The summed E-state index contributed by atoms with van der Waals surface area (Å²) in [7, 11) is 0. The molecule has 3 heterocycles. The molecule has 0 bridgehead atoms. The van der Waals surface area contributed by atoms with Crippen LogP contribution in [0.1, 0.15) is 45.9 Å². The molecule has 0 fully saturated rings. The van der Waals surface area contributed by atoms with Crippen molar-refractivity contribution in [1.29, 1.82) is 0 Å². The molecule has 6 rings (SSSR count). The fourth-order valence-corrected chi connectivity index (χ4v) is 5.21. The molecule has 2 aromatic carbocycles. The fraction of sp³-hybridized carbons (Fsp3) is 0.200. The Balaban J connectivity index is 1.37. The topological polar surface area (TPSA) is 88.9 Å². The van der Waals surface area contributed by atoms with E-state index in [-0.39, 0.29) is 29.4 Å². The highest BCUT2D eigenvalue weighted by atomic mass is 16.1. The van der Waals surface area contributed by atoms with Crippen LogP contribution in [-0.4, -0.2) is 33.4 Å². The summed E-state index contributed by atoms with van der Waals surface area (Å²) >= 11 is 0. The van der Waals surface area contributed by atoms with Crippen LogP contribution < -0.4 is 16.2 Å². The summed E-state index contributed by atoms with van der Waals surface area (Å²) in [4.78, 5) is 35.5. The number of hydrogen-bond acceptors (Lipinski definition) is 6. The molecule has 7 nitrogen and oxygen atoms in total. The molecule has 0 saturated carbocycles. The van der Waals surface area contributed by atoms with Gasteiger partial charge in [0.05, 0.1) is 11.6 Å². The number of nitrogens with one attached hydrogen (secondary N) is 2. The Hall–Kier alpha value is -4.54. The molecule has 2 aromatic heterocycles. The van der Waals surface area contributed by atoms with Crippen LogP contribution in [-0.2, 0) is 6.42 Å². The van der Waals surface area contributed by atoms with E-state index in [1.807, 2.05) is 36.4 Å². The number of terminal acetylenes is 1. The van der Waals surface area contributed by atoms with E-state index in [2.05, 4.69) is 39.7 Å². The van der Waals surface area contributed by atoms with Crippen molar-refractivity contribution in [1.82, 2.24) is 19.9 Å². The van der Waals surface area contributed by atoms with Gasteiger partial charge in [0.15, 0.2) is 5.78 Å². The molecule has 2 N–H and O–H groups in total. The van der Waals surface area contributed by atoms with Gasteiger partial charge in [-0.3, -0.25) is 14.2 Å². The maximum atomic E-state index is 13.4. The molecular weight excluding hydrogens is 462 g/mol. The maximum absolute atomic E-state index is 13.4. The summed E-state index contributed by atoms with van der Waals surface area (Å²) in [5, 5.41) is 7.23. The van der Waals surface area contributed by atoms with Crippen LogP contribution in [0.25, 0.3) is 16.6 Å². The van der Waals surface area contributed by atoms with Gasteiger partial charge in [-0.05, 0) is 54.3 Å². The van der Waals surface area contributed by atoms with E-state index in [4.69, 9.17) is 11.4 Å². The number of anilines is 2. The summed E-state index contributed by atoms with van der Waals surface area (Å²) in [6.07, 6.45) is 11.3. The van der Waals surface area contributed by atoms with E-state index in [0.717, 1.165) is 30.8 Å². The highest BCUT2D eigenvalue weighted by molar-refractivity contribution is 5.99. The van der Waals surface area contributed by atoms with Gasteiger partial charge in [-0.25, -0.2) is 4.98 Å². The van der Waals surface area contributed by atoms with Crippen LogP contribution >= 0.6 is 0 Å². The largest absolute Gasteiger partial charge is 0.324 e. The molecule has 0 spiro atoms. The van der Waals surface area contributed by atoms with Gasteiger partial charge >= 0.3 is 0 Å². The number of pyridine rings is 1. The molecule has 0 radical (unpaired) electrons.